The van der Waals surface area contributed by atoms with Crippen LogP contribution in [0.1, 0.15) is 92.9 Å². The fraction of sp³-hybridized carbons (Fsp3) is 0.857. The van der Waals surface area contributed by atoms with Crippen LogP contribution in [0.5, 0.6) is 0 Å². The van der Waals surface area contributed by atoms with Crippen LogP contribution in [0.2, 0.25) is 0 Å². The van der Waals surface area contributed by atoms with Crippen LogP contribution in [0.3, 0.4) is 0 Å². The molecule has 2 unspecified atom stereocenters. The number of rotatable bonds is 4. The second-order valence-corrected chi connectivity index (χ2v) is 12.1. The summed E-state index contributed by atoms with van der Waals surface area (Å²) in [4.78, 5) is 0. The topological polar surface area (TPSA) is 20.2 Å². The third kappa shape index (κ3) is 3.38. The van der Waals surface area contributed by atoms with Gasteiger partial charge in [0.15, 0.2) is 0 Å². The first-order valence-electron chi connectivity index (χ1n) is 12.8. The molecule has 4 rings (SSSR count). The maximum Gasteiger partial charge on any atom is 0.0602 e. The van der Waals surface area contributed by atoms with Crippen LogP contribution in [0.15, 0.2) is 23.8 Å². The SMILES string of the molecule is CC(C)[C@@H](C)/C=C/[C@@H](C)[C@H]1CC[C@H]2C3=CCC4CCCC(O)[C@]4(C)[C@H]3CC[C@]12C. The van der Waals surface area contributed by atoms with Gasteiger partial charge in [0, 0.05) is 5.41 Å². The van der Waals surface area contributed by atoms with Crippen LogP contribution in [-0.2, 0) is 0 Å². The van der Waals surface area contributed by atoms with E-state index in [1.54, 1.807) is 5.57 Å². The number of allylic oxidation sites excluding steroid dienone is 4. The quantitative estimate of drug-likeness (QED) is 0.489. The first-order valence-corrected chi connectivity index (χ1v) is 12.8. The van der Waals surface area contributed by atoms with Crippen molar-refractivity contribution in [3.63, 3.8) is 0 Å². The molecule has 0 spiro atoms. The fourth-order valence-electron chi connectivity index (χ4n) is 8.18. The van der Waals surface area contributed by atoms with Gasteiger partial charge in [0.05, 0.1) is 6.10 Å². The highest BCUT2D eigenvalue weighted by molar-refractivity contribution is 5.28. The summed E-state index contributed by atoms with van der Waals surface area (Å²) in [6.07, 6.45) is 17.8. The van der Waals surface area contributed by atoms with Crippen LogP contribution >= 0.6 is 0 Å². The Labute approximate surface area is 180 Å². The van der Waals surface area contributed by atoms with Crippen LogP contribution in [0.25, 0.3) is 0 Å². The summed E-state index contributed by atoms with van der Waals surface area (Å²) in [6, 6.07) is 0. The van der Waals surface area contributed by atoms with Crippen molar-refractivity contribution in [2.75, 3.05) is 0 Å². The van der Waals surface area contributed by atoms with Crippen molar-refractivity contribution < 1.29 is 5.11 Å². The van der Waals surface area contributed by atoms with Gasteiger partial charge in [-0.2, -0.15) is 0 Å². The summed E-state index contributed by atoms with van der Waals surface area (Å²) >= 11 is 0. The van der Waals surface area contributed by atoms with Crippen molar-refractivity contribution >= 4 is 0 Å². The Bertz CT molecular complexity index is 659. The normalized spacial score (nSPS) is 46.8. The zero-order chi connectivity index (χ0) is 21.0. The van der Waals surface area contributed by atoms with Crippen molar-refractivity contribution in [3.05, 3.63) is 23.8 Å². The fourth-order valence-corrected chi connectivity index (χ4v) is 8.18. The third-order valence-electron chi connectivity index (χ3n) is 10.6. The lowest BCUT2D eigenvalue weighted by Crippen LogP contribution is -2.54. The van der Waals surface area contributed by atoms with Gasteiger partial charge >= 0.3 is 0 Å². The van der Waals surface area contributed by atoms with E-state index in [1.807, 2.05) is 0 Å². The van der Waals surface area contributed by atoms with Crippen LogP contribution in [0.4, 0.5) is 0 Å². The molecule has 0 radical (unpaired) electrons. The Morgan fingerprint density at radius 1 is 0.966 bits per heavy atom. The minimum Gasteiger partial charge on any atom is -0.393 e. The summed E-state index contributed by atoms with van der Waals surface area (Å²) in [5, 5.41) is 11.1. The zero-order valence-electron chi connectivity index (χ0n) is 20.0. The van der Waals surface area contributed by atoms with E-state index in [4.69, 9.17) is 0 Å². The van der Waals surface area contributed by atoms with Crippen LogP contribution in [-0.4, -0.2) is 11.2 Å². The monoisotopic (exact) mass is 398 g/mol. The van der Waals surface area contributed by atoms with Gasteiger partial charge in [-0.25, -0.2) is 0 Å². The van der Waals surface area contributed by atoms with Gasteiger partial charge in [-0.05, 0) is 91.8 Å². The molecule has 3 fully saturated rings. The number of fused-ring (bicyclic) bond motifs is 5. The predicted molar refractivity (Wildman–Crippen MR) is 124 cm³/mol. The van der Waals surface area contributed by atoms with E-state index in [9.17, 15) is 5.11 Å². The first kappa shape index (κ1) is 21.7. The highest BCUT2D eigenvalue weighted by atomic mass is 16.3. The van der Waals surface area contributed by atoms with Gasteiger partial charge in [-0.15, -0.1) is 0 Å². The third-order valence-corrected chi connectivity index (χ3v) is 10.6. The standard InChI is InChI=1S/C28H46O/c1-18(2)19(3)10-11-20(4)23-14-15-24-22-13-12-21-8-7-9-26(29)28(21,6)25(22)16-17-27(23,24)5/h10-11,13,18-21,23-26,29H,7-9,12,14-17H2,1-6H3/b11-10+/t19-,20+,21?,23+,24-,25-,26?,27+,28-/m0/s1. The maximum atomic E-state index is 11.1. The molecule has 9 atom stereocenters. The Morgan fingerprint density at radius 3 is 2.45 bits per heavy atom. The molecular formula is C28H46O. The van der Waals surface area contributed by atoms with E-state index < -0.39 is 0 Å². The van der Waals surface area contributed by atoms with Crippen LogP contribution < -0.4 is 0 Å². The molecule has 4 aliphatic rings. The smallest absolute Gasteiger partial charge is 0.0602 e. The molecule has 0 heterocycles. The maximum absolute atomic E-state index is 11.1. The van der Waals surface area contributed by atoms with Crippen molar-refractivity contribution in [2.45, 2.75) is 99.0 Å². The van der Waals surface area contributed by atoms with Gasteiger partial charge in [-0.1, -0.05) is 71.8 Å². The minimum atomic E-state index is -0.0871. The lowest BCUT2D eigenvalue weighted by atomic mass is 9.47. The van der Waals surface area contributed by atoms with Gasteiger partial charge in [0.1, 0.15) is 0 Å². The molecule has 0 aromatic carbocycles. The lowest BCUT2D eigenvalue weighted by Gasteiger charge is -2.58. The average Bonchev–Trinajstić information content (AvgIpc) is 3.04. The zero-order valence-corrected chi connectivity index (χ0v) is 20.0. The van der Waals surface area contributed by atoms with Crippen molar-refractivity contribution in [3.8, 4) is 0 Å². The molecule has 0 amide bonds. The molecule has 1 nitrogen and oxygen atoms in total. The van der Waals surface area contributed by atoms with E-state index in [0.29, 0.717) is 29.1 Å². The molecule has 0 aliphatic heterocycles. The first-order chi connectivity index (χ1) is 13.7. The Kier molecular flexibility index (Phi) is 5.86. The summed E-state index contributed by atoms with van der Waals surface area (Å²) in [5.74, 6) is 4.99. The van der Waals surface area contributed by atoms with E-state index in [-0.39, 0.29) is 11.5 Å². The van der Waals surface area contributed by atoms with Gasteiger partial charge in [0.25, 0.3) is 0 Å². The summed E-state index contributed by atoms with van der Waals surface area (Å²) in [7, 11) is 0. The highest BCUT2D eigenvalue weighted by Gasteiger charge is 2.59. The summed E-state index contributed by atoms with van der Waals surface area (Å²) < 4.78 is 0. The molecule has 0 aromatic rings. The van der Waals surface area contributed by atoms with Crippen LogP contribution in [0, 0.1) is 52.3 Å². The summed E-state index contributed by atoms with van der Waals surface area (Å²) in [6.45, 7) is 14.6. The minimum absolute atomic E-state index is 0.0871. The van der Waals surface area contributed by atoms with E-state index in [0.717, 1.165) is 24.2 Å². The van der Waals surface area contributed by atoms with Gasteiger partial charge < -0.3 is 5.11 Å². The molecule has 4 aliphatic carbocycles. The van der Waals surface area contributed by atoms with E-state index in [1.165, 1.54) is 44.9 Å². The number of aliphatic hydroxyl groups is 1. The summed E-state index contributed by atoms with van der Waals surface area (Å²) in [5.41, 5.74) is 2.36. The average molecular weight is 399 g/mol. The second kappa shape index (κ2) is 7.85. The van der Waals surface area contributed by atoms with Crippen molar-refractivity contribution in [1.82, 2.24) is 0 Å². The molecule has 0 saturated heterocycles. The molecule has 0 aromatic heterocycles. The van der Waals surface area contributed by atoms with Crippen molar-refractivity contribution in [1.29, 1.82) is 0 Å². The molecule has 1 heteroatoms. The second-order valence-electron chi connectivity index (χ2n) is 12.1. The molecular weight excluding hydrogens is 352 g/mol. The van der Waals surface area contributed by atoms with E-state index >= 15 is 0 Å². The molecule has 1 N–H and O–H groups in total. The Morgan fingerprint density at radius 2 is 1.72 bits per heavy atom. The molecule has 3 saturated carbocycles. The number of hydrogen-bond acceptors (Lipinski definition) is 1. The number of hydrogen-bond donors (Lipinski definition) is 1. The highest BCUT2D eigenvalue weighted by Crippen LogP contribution is 2.66. The Balaban J connectivity index is 1.56. The molecule has 29 heavy (non-hydrogen) atoms. The van der Waals surface area contributed by atoms with Gasteiger partial charge in [-0.3, -0.25) is 0 Å². The number of aliphatic hydroxyl groups excluding tert-OH is 1. The molecule has 164 valence electrons. The van der Waals surface area contributed by atoms with Crippen molar-refractivity contribution in [2.24, 2.45) is 52.3 Å². The predicted octanol–water partition coefficient (Wildman–Crippen LogP) is 7.41. The molecule has 0 bridgehead atoms. The van der Waals surface area contributed by atoms with E-state index in [2.05, 4.69) is 59.8 Å². The lowest BCUT2D eigenvalue weighted by molar-refractivity contribution is -0.0954. The largest absolute Gasteiger partial charge is 0.393 e. The van der Waals surface area contributed by atoms with Gasteiger partial charge in [0.2, 0.25) is 0 Å². The Hall–Kier alpha value is -0.560.